The molecule has 0 saturated heterocycles. The molecule has 7 nitrogen and oxygen atoms in total. The number of benzene rings is 1. The van der Waals surface area contributed by atoms with Crippen LogP contribution in [0.4, 0.5) is 0 Å². The molecule has 1 fully saturated rings. The molecule has 1 aliphatic rings. The van der Waals surface area contributed by atoms with Gasteiger partial charge in [0.25, 0.3) is 11.8 Å². The average Bonchev–Trinajstić information content (AvgIpc) is 3.46. The smallest absolute Gasteiger partial charge is 0.276 e. The molecule has 0 spiro atoms. The molecule has 31 heavy (non-hydrogen) atoms. The molecule has 0 unspecified atom stereocenters. The van der Waals surface area contributed by atoms with Gasteiger partial charge < -0.3 is 14.6 Å². The maximum absolute atomic E-state index is 13.5. The summed E-state index contributed by atoms with van der Waals surface area (Å²) < 4.78 is 9.68. The minimum atomic E-state index is -0.898. The summed E-state index contributed by atoms with van der Waals surface area (Å²) in [6, 6.07) is 12.4. The number of amides is 2. The zero-order chi connectivity index (χ0) is 21.6. The Morgan fingerprint density at radius 1 is 1.16 bits per heavy atom. The number of carbonyl (C=O) groups excluding carboxylic acids is 2. The third-order valence-corrected chi connectivity index (χ3v) is 6.08. The van der Waals surface area contributed by atoms with E-state index in [2.05, 4.69) is 14.9 Å². The summed E-state index contributed by atoms with van der Waals surface area (Å²) in [7, 11) is 0. The normalized spacial score (nSPS) is 15.4. The number of hydrogen-bond acceptors (Lipinski definition) is 6. The van der Waals surface area contributed by atoms with Gasteiger partial charge in [-0.1, -0.05) is 54.1 Å². The van der Waals surface area contributed by atoms with E-state index in [1.54, 1.807) is 11.4 Å². The minimum Gasteiger partial charge on any atom is -0.464 e. The Morgan fingerprint density at radius 3 is 2.58 bits per heavy atom. The number of aromatic nitrogens is 2. The van der Waals surface area contributed by atoms with E-state index in [4.69, 9.17) is 4.42 Å². The van der Waals surface area contributed by atoms with Crippen LogP contribution in [0, 0.1) is 6.92 Å². The molecule has 3 aromatic rings. The maximum atomic E-state index is 13.5. The van der Waals surface area contributed by atoms with Crippen LogP contribution in [0.2, 0.25) is 0 Å². The van der Waals surface area contributed by atoms with Crippen LogP contribution in [0.5, 0.6) is 0 Å². The quantitative estimate of drug-likeness (QED) is 0.595. The molecule has 4 rings (SSSR count). The van der Waals surface area contributed by atoms with Crippen LogP contribution in [0.15, 0.2) is 52.3 Å². The highest BCUT2D eigenvalue weighted by Gasteiger charge is 2.36. The van der Waals surface area contributed by atoms with Crippen molar-refractivity contribution in [1.29, 1.82) is 0 Å². The van der Waals surface area contributed by atoms with Crippen molar-refractivity contribution < 1.29 is 14.0 Å². The second-order valence-corrected chi connectivity index (χ2v) is 8.51. The molecule has 8 heteroatoms. The van der Waals surface area contributed by atoms with Crippen LogP contribution in [0.25, 0.3) is 0 Å². The molecule has 0 bridgehead atoms. The molecule has 0 radical (unpaired) electrons. The number of nitrogens with one attached hydrogen (secondary N) is 1. The van der Waals surface area contributed by atoms with E-state index in [1.807, 2.05) is 43.3 Å². The Balaban J connectivity index is 1.69. The first-order chi connectivity index (χ1) is 15.1. The van der Waals surface area contributed by atoms with E-state index in [0.717, 1.165) is 42.8 Å². The van der Waals surface area contributed by atoms with E-state index in [-0.39, 0.29) is 30.1 Å². The number of nitrogens with zero attached hydrogens (tertiary/aromatic N) is 3. The summed E-state index contributed by atoms with van der Waals surface area (Å²) in [5.74, 6) is 0.551. The number of aryl methyl sites for hydroxylation is 1. The van der Waals surface area contributed by atoms with Crippen LogP contribution < -0.4 is 5.32 Å². The van der Waals surface area contributed by atoms with E-state index in [0.29, 0.717) is 11.5 Å². The van der Waals surface area contributed by atoms with Gasteiger partial charge in [-0.3, -0.25) is 9.59 Å². The summed E-state index contributed by atoms with van der Waals surface area (Å²) in [5, 5.41) is 8.72. The van der Waals surface area contributed by atoms with Crippen molar-refractivity contribution in [2.45, 2.75) is 57.7 Å². The lowest BCUT2D eigenvalue weighted by atomic mass is 9.95. The predicted octanol–water partition coefficient (Wildman–Crippen LogP) is 4.27. The van der Waals surface area contributed by atoms with Crippen molar-refractivity contribution in [3.8, 4) is 0 Å². The van der Waals surface area contributed by atoms with E-state index in [1.165, 1.54) is 11.3 Å². The molecule has 1 aromatic carbocycles. The fraction of sp³-hybridized carbons (Fsp3) is 0.391. The molecule has 1 saturated carbocycles. The Morgan fingerprint density at radius 2 is 1.94 bits per heavy atom. The largest absolute Gasteiger partial charge is 0.464 e. The predicted molar refractivity (Wildman–Crippen MR) is 117 cm³/mol. The lowest BCUT2D eigenvalue weighted by molar-refractivity contribution is -0.127. The third-order valence-electron chi connectivity index (χ3n) is 5.58. The van der Waals surface area contributed by atoms with Gasteiger partial charge >= 0.3 is 0 Å². The molecule has 2 amide bonds. The number of furan rings is 1. The van der Waals surface area contributed by atoms with Gasteiger partial charge in [-0.2, -0.15) is 0 Å². The second-order valence-electron chi connectivity index (χ2n) is 7.90. The molecule has 1 N–H and O–H groups in total. The number of hydrogen-bond donors (Lipinski definition) is 1. The van der Waals surface area contributed by atoms with Crippen LogP contribution >= 0.6 is 11.5 Å². The highest BCUT2D eigenvalue weighted by Crippen LogP contribution is 2.28. The van der Waals surface area contributed by atoms with Gasteiger partial charge in [0.15, 0.2) is 11.7 Å². The Kier molecular flexibility index (Phi) is 6.76. The Bertz CT molecular complexity index is 997. The van der Waals surface area contributed by atoms with Gasteiger partial charge in [-0.15, -0.1) is 5.10 Å². The zero-order valence-electron chi connectivity index (χ0n) is 17.5. The standard InChI is InChI=1S/C23H26N4O3S/c1-16-12-13-20(30-16)21(22(28)24-18-10-6-3-7-11-18)27(14-17-8-4-2-5-9-17)23(29)19-15-31-26-25-19/h2,4-5,8-9,12-13,15,18,21H,3,6-7,10-11,14H2,1H3,(H,24,28)/t21-/m1/s1. The van der Waals surface area contributed by atoms with Crippen molar-refractivity contribution in [2.24, 2.45) is 0 Å². The first-order valence-electron chi connectivity index (χ1n) is 10.6. The highest BCUT2D eigenvalue weighted by atomic mass is 32.1. The van der Waals surface area contributed by atoms with Gasteiger partial charge in [0.2, 0.25) is 0 Å². The van der Waals surface area contributed by atoms with Gasteiger partial charge in [-0.25, -0.2) is 0 Å². The monoisotopic (exact) mass is 438 g/mol. The summed E-state index contributed by atoms with van der Waals surface area (Å²) in [4.78, 5) is 28.5. The zero-order valence-corrected chi connectivity index (χ0v) is 18.3. The van der Waals surface area contributed by atoms with Crippen molar-refractivity contribution in [3.63, 3.8) is 0 Å². The summed E-state index contributed by atoms with van der Waals surface area (Å²) in [6.07, 6.45) is 5.32. The fourth-order valence-electron chi connectivity index (χ4n) is 4.02. The first-order valence-corrected chi connectivity index (χ1v) is 11.4. The van der Waals surface area contributed by atoms with Crippen molar-refractivity contribution in [1.82, 2.24) is 19.8 Å². The molecule has 2 aromatic heterocycles. The van der Waals surface area contributed by atoms with Crippen molar-refractivity contribution >= 4 is 23.3 Å². The van der Waals surface area contributed by atoms with Crippen LogP contribution in [0.3, 0.4) is 0 Å². The average molecular weight is 439 g/mol. The van der Waals surface area contributed by atoms with Gasteiger partial charge in [0, 0.05) is 18.0 Å². The fourth-order valence-corrected chi connectivity index (χ4v) is 4.45. The first kappa shape index (κ1) is 21.2. The molecule has 162 valence electrons. The second kappa shape index (κ2) is 9.87. The van der Waals surface area contributed by atoms with Crippen LogP contribution in [-0.4, -0.2) is 32.3 Å². The lowest BCUT2D eigenvalue weighted by Crippen LogP contribution is -2.46. The summed E-state index contributed by atoms with van der Waals surface area (Å²) in [6.45, 7) is 2.08. The van der Waals surface area contributed by atoms with Crippen LogP contribution in [0.1, 0.15) is 65.7 Å². The van der Waals surface area contributed by atoms with E-state index < -0.39 is 6.04 Å². The van der Waals surface area contributed by atoms with E-state index >= 15 is 0 Å². The van der Waals surface area contributed by atoms with Gasteiger partial charge in [-0.05, 0) is 49.0 Å². The van der Waals surface area contributed by atoms with Gasteiger partial charge in [0.1, 0.15) is 11.5 Å². The summed E-state index contributed by atoms with van der Waals surface area (Å²) in [5.41, 5.74) is 1.14. The van der Waals surface area contributed by atoms with Gasteiger partial charge in [0.05, 0.1) is 0 Å². The molecule has 2 heterocycles. The van der Waals surface area contributed by atoms with Crippen molar-refractivity contribution in [3.05, 3.63) is 70.6 Å². The molecular formula is C23H26N4O3S. The number of rotatable bonds is 7. The Labute approximate surface area is 185 Å². The third kappa shape index (κ3) is 5.19. The molecule has 0 aliphatic heterocycles. The van der Waals surface area contributed by atoms with Crippen molar-refractivity contribution in [2.75, 3.05) is 0 Å². The molecule has 1 aliphatic carbocycles. The highest BCUT2D eigenvalue weighted by molar-refractivity contribution is 7.03. The maximum Gasteiger partial charge on any atom is 0.276 e. The molecule has 1 atom stereocenters. The molecular weight excluding hydrogens is 412 g/mol. The Hall–Kier alpha value is -3.00. The minimum absolute atomic E-state index is 0.120. The summed E-state index contributed by atoms with van der Waals surface area (Å²) >= 11 is 1.11. The lowest BCUT2D eigenvalue weighted by Gasteiger charge is -2.31. The SMILES string of the molecule is Cc1ccc([C@H](C(=O)NC2CCCCC2)N(Cc2ccccc2)C(=O)c2csnn2)o1. The van der Waals surface area contributed by atoms with Crippen LogP contribution in [-0.2, 0) is 11.3 Å². The van der Waals surface area contributed by atoms with E-state index in [9.17, 15) is 9.59 Å². The number of carbonyl (C=O) groups is 2. The topological polar surface area (TPSA) is 88.3 Å².